The Kier molecular flexibility index (Phi) is 4.41. The Morgan fingerprint density at radius 2 is 2.11 bits per heavy atom. The van der Waals surface area contributed by atoms with Crippen molar-refractivity contribution in [3.63, 3.8) is 0 Å². The van der Waals surface area contributed by atoms with Crippen LogP contribution in [0.5, 0.6) is 11.5 Å². The SMILES string of the molecule is COc1ccc(C(=O)NCc2cccs2)c(OC)c1. The van der Waals surface area contributed by atoms with Crippen LogP contribution in [0.15, 0.2) is 35.7 Å². The lowest BCUT2D eigenvalue weighted by Crippen LogP contribution is -2.22. The second-order valence-electron chi connectivity index (χ2n) is 3.83. The van der Waals surface area contributed by atoms with E-state index in [0.29, 0.717) is 23.6 Å². The molecule has 0 spiro atoms. The Bertz CT molecular complexity index is 552. The van der Waals surface area contributed by atoms with Crippen LogP contribution < -0.4 is 14.8 Å². The Hall–Kier alpha value is -2.01. The number of benzene rings is 1. The molecule has 1 heterocycles. The van der Waals surface area contributed by atoms with Gasteiger partial charge in [0.05, 0.1) is 26.3 Å². The number of nitrogens with one attached hydrogen (secondary N) is 1. The molecule has 0 aliphatic heterocycles. The average Bonchev–Trinajstić information content (AvgIpc) is 2.97. The first-order chi connectivity index (χ1) is 9.24. The molecule has 4 nitrogen and oxygen atoms in total. The molecule has 5 heteroatoms. The van der Waals surface area contributed by atoms with Crippen molar-refractivity contribution >= 4 is 17.2 Å². The summed E-state index contributed by atoms with van der Waals surface area (Å²) in [4.78, 5) is 13.2. The standard InChI is InChI=1S/C14H15NO3S/c1-17-10-5-6-12(13(8-10)18-2)14(16)15-9-11-4-3-7-19-11/h3-8H,9H2,1-2H3,(H,15,16). The topological polar surface area (TPSA) is 47.6 Å². The molecular formula is C14H15NO3S. The maximum absolute atomic E-state index is 12.1. The summed E-state index contributed by atoms with van der Waals surface area (Å²) in [5.41, 5.74) is 0.500. The minimum atomic E-state index is -0.159. The van der Waals surface area contributed by atoms with Gasteiger partial charge in [-0.2, -0.15) is 0 Å². The maximum Gasteiger partial charge on any atom is 0.255 e. The van der Waals surface area contributed by atoms with Gasteiger partial charge >= 0.3 is 0 Å². The molecule has 0 aliphatic carbocycles. The third-order valence-corrected chi connectivity index (χ3v) is 3.53. The smallest absolute Gasteiger partial charge is 0.255 e. The first kappa shape index (κ1) is 13.4. The summed E-state index contributed by atoms with van der Waals surface area (Å²) in [5, 5.41) is 4.85. The van der Waals surface area contributed by atoms with E-state index in [-0.39, 0.29) is 5.91 Å². The fraction of sp³-hybridized carbons (Fsp3) is 0.214. The van der Waals surface area contributed by atoms with Crippen LogP contribution in [-0.4, -0.2) is 20.1 Å². The van der Waals surface area contributed by atoms with Crippen LogP contribution in [0.4, 0.5) is 0 Å². The zero-order chi connectivity index (χ0) is 13.7. The van der Waals surface area contributed by atoms with E-state index in [1.54, 1.807) is 36.6 Å². The van der Waals surface area contributed by atoms with Gasteiger partial charge in [0.1, 0.15) is 11.5 Å². The molecule has 1 N–H and O–H groups in total. The molecule has 0 aliphatic rings. The second kappa shape index (κ2) is 6.24. The fourth-order valence-electron chi connectivity index (χ4n) is 1.66. The largest absolute Gasteiger partial charge is 0.497 e. The van der Waals surface area contributed by atoms with E-state index in [4.69, 9.17) is 9.47 Å². The van der Waals surface area contributed by atoms with Gasteiger partial charge < -0.3 is 14.8 Å². The summed E-state index contributed by atoms with van der Waals surface area (Å²) in [7, 11) is 3.11. The Morgan fingerprint density at radius 3 is 2.74 bits per heavy atom. The molecule has 19 heavy (non-hydrogen) atoms. The van der Waals surface area contributed by atoms with Gasteiger partial charge in [-0.05, 0) is 23.6 Å². The van der Waals surface area contributed by atoms with E-state index in [2.05, 4.69) is 5.32 Å². The van der Waals surface area contributed by atoms with Crippen LogP contribution in [-0.2, 0) is 6.54 Å². The summed E-state index contributed by atoms with van der Waals surface area (Å²) >= 11 is 1.61. The summed E-state index contributed by atoms with van der Waals surface area (Å²) in [6.07, 6.45) is 0. The van der Waals surface area contributed by atoms with E-state index in [0.717, 1.165) is 4.88 Å². The molecule has 0 unspecified atom stereocenters. The first-order valence-corrected chi connectivity index (χ1v) is 6.65. The highest BCUT2D eigenvalue weighted by Crippen LogP contribution is 2.24. The number of thiophene rings is 1. The number of ether oxygens (including phenoxy) is 2. The molecule has 0 bridgehead atoms. The quantitative estimate of drug-likeness (QED) is 0.914. The van der Waals surface area contributed by atoms with Crippen molar-refractivity contribution in [3.05, 3.63) is 46.2 Å². The normalized spacial score (nSPS) is 10.0. The fourth-order valence-corrected chi connectivity index (χ4v) is 2.31. The van der Waals surface area contributed by atoms with Crippen LogP contribution in [0.1, 0.15) is 15.2 Å². The van der Waals surface area contributed by atoms with Gasteiger partial charge in [0.2, 0.25) is 0 Å². The van der Waals surface area contributed by atoms with Crippen LogP contribution in [0.25, 0.3) is 0 Å². The number of rotatable bonds is 5. The lowest BCUT2D eigenvalue weighted by molar-refractivity contribution is 0.0948. The molecule has 0 atom stereocenters. The second-order valence-corrected chi connectivity index (χ2v) is 4.86. The average molecular weight is 277 g/mol. The lowest BCUT2D eigenvalue weighted by atomic mass is 10.1. The Labute approximate surface area is 116 Å². The molecule has 1 amide bonds. The lowest BCUT2D eigenvalue weighted by Gasteiger charge is -2.10. The van der Waals surface area contributed by atoms with Crippen LogP contribution in [0.2, 0.25) is 0 Å². The van der Waals surface area contributed by atoms with Gasteiger partial charge in [0.15, 0.2) is 0 Å². The summed E-state index contributed by atoms with van der Waals surface area (Å²) in [6, 6.07) is 9.07. The summed E-state index contributed by atoms with van der Waals surface area (Å²) in [5.74, 6) is 1.00. The number of carbonyl (C=O) groups excluding carboxylic acids is 1. The van der Waals surface area contributed by atoms with Crippen molar-refractivity contribution in [2.45, 2.75) is 6.54 Å². The Morgan fingerprint density at radius 1 is 1.26 bits per heavy atom. The number of amides is 1. The minimum absolute atomic E-state index is 0.159. The molecule has 1 aromatic carbocycles. The van der Waals surface area contributed by atoms with Gasteiger partial charge in [-0.3, -0.25) is 4.79 Å². The minimum Gasteiger partial charge on any atom is -0.497 e. The number of hydrogen-bond donors (Lipinski definition) is 1. The number of methoxy groups -OCH3 is 2. The molecule has 0 saturated carbocycles. The van der Waals surface area contributed by atoms with Crippen molar-refractivity contribution in [1.29, 1.82) is 0 Å². The predicted molar refractivity (Wildman–Crippen MR) is 75.0 cm³/mol. The van der Waals surface area contributed by atoms with Crippen molar-refractivity contribution in [2.24, 2.45) is 0 Å². The van der Waals surface area contributed by atoms with Crippen molar-refractivity contribution in [1.82, 2.24) is 5.32 Å². The predicted octanol–water partition coefficient (Wildman–Crippen LogP) is 2.70. The van der Waals surface area contributed by atoms with E-state index in [1.165, 1.54) is 7.11 Å². The van der Waals surface area contributed by atoms with E-state index in [1.807, 2.05) is 17.5 Å². The molecule has 2 aromatic rings. The molecule has 0 radical (unpaired) electrons. The third-order valence-electron chi connectivity index (χ3n) is 2.66. The van der Waals surface area contributed by atoms with E-state index in [9.17, 15) is 4.79 Å². The monoisotopic (exact) mass is 277 g/mol. The molecule has 0 fully saturated rings. The maximum atomic E-state index is 12.1. The molecule has 0 saturated heterocycles. The van der Waals surface area contributed by atoms with Crippen molar-refractivity contribution in [2.75, 3.05) is 14.2 Å². The molecule has 2 rings (SSSR count). The summed E-state index contributed by atoms with van der Waals surface area (Å²) < 4.78 is 10.3. The molecular weight excluding hydrogens is 262 g/mol. The van der Waals surface area contributed by atoms with Crippen molar-refractivity contribution < 1.29 is 14.3 Å². The Balaban J connectivity index is 2.09. The third kappa shape index (κ3) is 3.26. The van der Waals surface area contributed by atoms with Crippen LogP contribution >= 0.6 is 11.3 Å². The van der Waals surface area contributed by atoms with Gasteiger partial charge in [-0.1, -0.05) is 6.07 Å². The van der Waals surface area contributed by atoms with E-state index >= 15 is 0 Å². The van der Waals surface area contributed by atoms with E-state index < -0.39 is 0 Å². The van der Waals surface area contributed by atoms with Gasteiger partial charge in [0, 0.05) is 10.9 Å². The highest BCUT2D eigenvalue weighted by atomic mass is 32.1. The van der Waals surface area contributed by atoms with Gasteiger partial charge in [0.25, 0.3) is 5.91 Å². The number of hydrogen-bond acceptors (Lipinski definition) is 4. The van der Waals surface area contributed by atoms with Crippen molar-refractivity contribution in [3.8, 4) is 11.5 Å². The highest BCUT2D eigenvalue weighted by Gasteiger charge is 2.13. The molecule has 1 aromatic heterocycles. The number of carbonyl (C=O) groups is 1. The summed E-state index contributed by atoms with van der Waals surface area (Å²) in [6.45, 7) is 0.520. The first-order valence-electron chi connectivity index (χ1n) is 5.77. The molecule has 100 valence electrons. The zero-order valence-electron chi connectivity index (χ0n) is 10.8. The van der Waals surface area contributed by atoms with Crippen LogP contribution in [0.3, 0.4) is 0 Å². The zero-order valence-corrected chi connectivity index (χ0v) is 11.6. The highest BCUT2D eigenvalue weighted by molar-refractivity contribution is 7.09. The van der Waals surface area contributed by atoms with Gasteiger partial charge in [-0.25, -0.2) is 0 Å². The van der Waals surface area contributed by atoms with Crippen LogP contribution in [0, 0.1) is 0 Å². The van der Waals surface area contributed by atoms with Gasteiger partial charge in [-0.15, -0.1) is 11.3 Å².